The Labute approximate surface area is 104 Å². The van der Waals surface area contributed by atoms with Gasteiger partial charge in [-0.05, 0) is 23.8 Å². The molecule has 0 saturated carbocycles. The second kappa shape index (κ2) is 4.87. The summed E-state index contributed by atoms with van der Waals surface area (Å²) in [5.74, 6) is 0.837. The molecule has 1 unspecified atom stereocenters. The minimum Gasteiger partial charge on any atom is -0.349 e. The zero-order valence-corrected chi connectivity index (χ0v) is 9.96. The highest BCUT2D eigenvalue weighted by atomic mass is 35.5. The maximum atomic E-state index is 6.06. The number of aromatic amines is 1. The number of rotatable bonds is 3. The molecular formula is C11H11Cl2N3. The SMILES string of the molecule is NC(Cc1ncc[nH]1)c1cc(Cl)ccc1Cl. The molecule has 16 heavy (non-hydrogen) atoms. The Hall–Kier alpha value is -1.03. The summed E-state index contributed by atoms with van der Waals surface area (Å²) in [4.78, 5) is 7.13. The van der Waals surface area contributed by atoms with Crippen LogP contribution in [0, 0.1) is 0 Å². The van der Waals surface area contributed by atoms with E-state index in [0.717, 1.165) is 11.4 Å². The molecule has 1 heterocycles. The van der Waals surface area contributed by atoms with Crippen LogP contribution in [0.1, 0.15) is 17.4 Å². The van der Waals surface area contributed by atoms with Crippen LogP contribution in [0.15, 0.2) is 30.6 Å². The van der Waals surface area contributed by atoms with Crippen molar-refractivity contribution >= 4 is 23.2 Å². The van der Waals surface area contributed by atoms with E-state index in [1.807, 2.05) is 0 Å². The van der Waals surface area contributed by atoms with E-state index in [1.165, 1.54) is 0 Å². The lowest BCUT2D eigenvalue weighted by molar-refractivity contribution is 0.695. The Morgan fingerprint density at radius 3 is 2.88 bits per heavy atom. The fourth-order valence-electron chi connectivity index (χ4n) is 1.53. The zero-order valence-electron chi connectivity index (χ0n) is 8.45. The number of nitrogens with two attached hydrogens (primary N) is 1. The summed E-state index contributed by atoms with van der Waals surface area (Å²) >= 11 is 12.0. The van der Waals surface area contributed by atoms with Crippen LogP contribution in [0.4, 0.5) is 0 Å². The van der Waals surface area contributed by atoms with Crippen molar-refractivity contribution < 1.29 is 0 Å². The summed E-state index contributed by atoms with van der Waals surface area (Å²) in [5.41, 5.74) is 6.89. The Morgan fingerprint density at radius 2 is 2.19 bits per heavy atom. The lowest BCUT2D eigenvalue weighted by Crippen LogP contribution is -2.14. The number of nitrogens with zero attached hydrogens (tertiary/aromatic N) is 1. The van der Waals surface area contributed by atoms with Crippen LogP contribution < -0.4 is 5.73 Å². The van der Waals surface area contributed by atoms with Crippen LogP contribution in [-0.4, -0.2) is 9.97 Å². The summed E-state index contributed by atoms with van der Waals surface area (Å²) in [6.07, 6.45) is 4.07. The highest BCUT2D eigenvalue weighted by Gasteiger charge is 2.12. The van der Waals surface area contributed by atoms with Crippen molar-refractivity contribution in [1.82, 2.24) is 9.97 Å². The predicted octanol–water partition coefficient (Wildman–Crippen LogP) is 2.96. The summed E-state index contributed by atoms with van der Waals surface area (Å²) in [5, 5.41) is 1.26. The minimum absolute atomic E-state index is 0.211. The quantitative estimate of drug-likeness (QED) is 0.886. The van der Waals surface area contributed by atoms with E-state index < -0.39 is 0 Å². The lowest BCUT2D eigenvalue weighted by Gasteiger charge is -2.12. The number of aromatic nitrogens is 2. The van der Waals surface area contributed by atoms with Crippen LogP contribution in [0.25, 0.3) is 0 Å². The smallest absolute Gasteiger partial charge is 0.107 e. The fraction of sp³-hybridized carbons (Fsp3) is 0.182. The van der Waals surface area contributed by atoms with Crippen molar-refractivity contribution in [3.63, 3.8) is 0 Å². The largest absolute Gasteiger partial charge is 0.349 e. The van der Waals surface area contributed by atoms with Crippen molar-refractivity contribution in [3.05, 3.63) is 52.0 Å². The molecule has 0 aliphatic heterocycles. The third-order valence-corrected chi connectivity index (χ3v) is 2.90. The monoisotopic (exact) mass is 255 g/mol. The Balaban J connectivity index is 2.20. The molecule has 0 bridgehead atoms. The van der Waals surface area contributed by atoms with Gasteiger partial charge in [0.05, 0.1) is 0 Å². The summed E-state index contributed by atoms with van der Waals surface area (Å²) < 4.78 is 0. The van der Waals surface area contributed by atoms with E-state index in [4.69, 9.17) is 28.9 Å². The van der Waals surface area contributed by atoms with Crippen molar-refractivity contribution in [2.75, 3.05) is 0 Å². The number of hydrogen-bond acceptors (Lipinski definition) is 2. The normalized spacial score (nSPS) is 12.7. The maximum Gasteiger partial charge on any atom is 0.107 e. The van der Waals surface area contributed by atoms with E-state index in [-0.39, 0.29) is 6.04 Å². The first-order valence-corrected chi connectivity index (χ1v) is 5.61. The average molecular weight is 256 g/mol. The highest BCUT2D eigenvalue weighted by molar-refractivity contribution is 6.33. The maximum absolute atomic E-state index is 6.06. The van der Waals surface area contributed by atoms with Gasteiger partial charge in [0.1, 0.15) is 5.82 Å². The van der Waals surface area contributed by atoms with E-state index >= 15 is 0 Å². The molecule has 0 fully saturated rings. The molecule has 0 aliphatic rings. The molecule has 0 radical (unpaired) electrons. The van der Waals surface area contributed by atoms with Crippen LogP contribution in [0.3, 0.4) is 0 Å². The molecule has 3 N–H and O–H groups in total. The van der Waals surface area contributed by atoms with Gasteiger partial charge in [-0.2, -0.15) is 0 Å². The van der Waals surface area contributed by atoms with E-state index in [0.29, 0.717) is 16.5 Å². The van der Waals surface area contributed by atoms with Crippen molar-refractivity contribution in [2.24, 2.45) is 5.73 Å². The zero-order chi connectivity index (χ0) is 11.5. The Bertz CT molecular complexity index is 468. The van der Waals surface area contributed by atoms with E-state index in [1.54, 1.807) is 30.6 Å². The standard InChI is InChI=1S/C11H11Cl2N3/c12-7-1-2-9(13)8(5-7)10(14)6-11-15-3-4-16-11/h1-5,10H,6,14H2,(H,15,16). The van der Waals surface area contributed by atoms with Gasteiger partial charge in [-0.25, -0.2) is 4.98 Å². The number of hydrogen-bond donors (Lipinski definition) is 2. The van der Waals surface area contributed by atoms with Gasteiger partial charge < -0.3 is 10.7 Å². The first-order valence-electron chi connectivity index (χ1n) is 4.85. The predicted molar refractivity (Wildman–Crippen MR) is 65.7 cm³/mol. The van der Waals surface area contributed by atoms with Gasteiger partial charge >= 0.3 is 0 Å². The first kappa shape index (κ1) is 11.5. The van der Waals surface area contributed by atoms with Crippen molar-refractivity contribution in [1.29, 1.82) is 0 Å². The second-order valence-electron chi connectivity index (χ2n) is 3.51. The number of nitrogens with one attached hydrogen (secondary N) is 1. The van der Waals surface area contributed by atoms with Crippen LogP contribution in [0.2, 0.25) is 10.0 Å². The van der Waals surface area contributed by atoms with Gasteiger partial charge in [-0.1, -0.05) is 23.2 Å². The molecular weight excluding hydrogens is 245 g/mol. The number of halogens is 2. The van der Waals surface area contributed by atoms with Crippen molar-refractivity contribution in [3.8, 4) is 0 Å². The van der Waals surface area contributed by atoms with Gasteiger partial charge in [0.2, 0.25) is 0 Å². The Kier molecular flexibility index (Phi) is 3.49. The van der Waals surface area contributed by atoms with Gasteiger partial charge in [-0.3, -0.25) is 0 Å². The molecule has 1 aromatic carbocycles. The first-order chi connectivity index (χ1) is 7.66. The summed E-state index contributed by atoms with van der Waals surface area (Å²) in [6, 6.07) is 5.07. The molecule has 0 amide bonds. The number of imidazole rings is 1. The minimum atomic E-state index is -0.211. The molecule has 1 atom stereocenters. The number of benzene rings is 1. The van der Waals surface area contributed by atoms with Crippen LogP contribution in [-0.2, 0) is 6.42 Å². The summed E-state index contributed by atoms with van der Waals surface area (Å²) in [7, 11) is 0. The molecule has 5 heteroatoms. The fourth-order valence-corrected chi connectivity index (χ4v) is 1.96. The molecule has 84 valence electrons. The average Bonchev–Trinajstić information content (AvgIpc) is 2.74. The molecule has 0 saturated heterocycles. The lowest BCUT2D eigenvalue weighted by atomic mass is 10.0. The van der Waals surface area contributed by atoms with Crippen molar-refractivity contribution in [2.45, 2.75) is 12.5 Å². The summed E-state index contributed by atoms with van der Waals surface area (Å²) in [6.45, 7) is 0. The van der Waals surface area contributed by atoms with Gasteiger partial charge in [-0.15, -0.1) is 0 Å². The van der Waals surface area contributed by atoms with Gasteiger partial charge in [0, 0.05) is 34.9 Å². The van der Waals surface area contributed by atoms with E-state index in [9.17, 15) is 0 Å². The number of H-pyrrole nitrogens is 1. The van der Waals surface area contributed by atoms with Gasteiger partial charge in [0.25, 0.3) is 0 Å². The highest BCUT2D eigenvalue weighted by Crippen LogP contribution is 2.26. The topological polar surface area (TPSA) is 54.7 Å². The van der Waals surface area contributed by atoms with Crippen LogP contribution in [0.5, 0.6) is 0 Å². The molecule has 0 aliphatic carbocycles. The van der Waals surface area contributed by atoms with E-state index in [2.05, 4.69) is 9.97 Å². The molecule has 2 rings (SSSR count). The second-order valence-corrected chi connectivity index (χ2v) is 4.36. The molecule has 3 nitrogen and oxygen atoms in total. The molecule has 2 aromatic rings. The molecule has 1 aromatic heterocycles. The van der Waals surface area contributed by atoms with Crippen LogP contribution >= 0.6 is 23.2 Å². The third-order valence-electron chi connectivity index (χ3n) is 2.33. The molecule has 0 spiro atoms. The third kappa shape index (κ3) is 2.55. The Morgan fingerprint density at radius 1 is 1.38 bits per heavy atom. The van der Waals surface area contributed by atoms with Gasteiger partial charge in [0.15, 0.2) is 0 Å².